The van der Waals surface area contributed by atoms with Gasteiger partial charge in [-0.25, -0.2) is 0 Å². The summed E-state index contributed by atoms with van der Waals surface area (Å²) in [6, 6.07) is 0.365. The second kappa shape index (κ2) is 3.57. The number of hydrogen-bond donors (Lipinski definition) is 1. The number of nitrogens with one attached hydrogen (secondary N) is 1. The van der Waals surface area contributed by atoms with Crippen LogP contribution in [0.3, 0.4) is 0 Å². The zero-order chi connectivity index (χ0) is 11.2. The molecule has 0 aliphatic carbocycles. The first-order valence-corrected chi connectivity index (χ1v) is 6.12. The Morgan fingerprint density at radius 3 is 3.00 bits per heavy atom. The smallest absolute Gasteiger partial charge is 0.112 e. The van der Waals surface area contributed by atoms with E-state index in [9.17, 15) is 0 Å². The Morgan fingerprint density at radius 1 is 1.50 bits per heavy atom. The van der Waals surface area contributed by atoms with Crippen LogP contribution in [0.25, 0.3) is 0 Å². The molecule has 88 valence electrons. The van der Waals surface area contributed by atoms with E-state index in [4.69, 9.17) is 4.74 Å². The Hall–Kier alpha value is -0.870. The van der Waals surface area contributed by atoms with Crippen molar-refractivity contribution in [2.75, 3.05) is 19.7 Å². The van der Waals surface area contributed by atoms with Crippen LogP contribution in [0.2, 0.25) is 0 Å². The average Bonchev–Trinajstić information content (AvgIpc) is 2.70. The van der Waals surface area contributed by atoms with Gasteiger partial charge < -0.3 is 10.1 Å². The van der Waals surface area contributed by atoms with Gasteiger partial charge in [-0.3, -0.25) is 4.68 Å². The van der Waals surface area contributed by atoms with E-state index in [0.717, 1.165) is 32.5 Å². The van der Waals surface area contributed by atoms with Crippen molar-refractivity contribution in [3.63, 3.8) is 0 Å². The standard InChI is InChI=1S/C12H19N3O/c1-9-7-14-15-10(2)8-16-12(11(9)15)3-5-13-6-4-12/h7,10,13H,3-6,8H2,1-2H3/t10-/m0/s1. The Labute approximate surface area is 96.0 Å². The fourth-order valence-corrected chi connectivity index (χ4v) is 2.98. The van der Waals surface area contributed by atoms with E-state index in [1.54, 1.807) is 0 Å². The highest BCUT2D eigenvalue weighted by Gasteiger charge is 2.42. The predicted molar refractivity (Wildman–Crippen MR) is 61.4 cm³/mol. The van der Waals surface area contributed by atoms with E-state index in [-0.39, 0.29) is 5.60 Å². The summed E-state index contributed by atoms with van der Waals surface area (Å²) in [7, 11) is 0. The van der Waals surface area contributed by atoms with Gasteiger partial charge in [-0.05, 0) is 45.3 Å². The zero-order valence-electron chi connectivity index (χ0n) is 9.99. The molecule has 2 aliphatic heterocycles. The lowest BCUT2D eigenvalue weighted by molar-refractivity contribution is -0.109. The lowest BCUT2D eigenvalue weighted by atomic mass is 9.85. The topological polar surface area (TPSA) is 39.1 Å². The molecule has 1 atom stereocenters. The molecule has 0 amide bonds. The molecule has 1 fully saturated rings. The van der Waals surface area contributed by atoms with Crippen molar-refractivity contribution >= 4 is 0 Å². The molecule has 0 radical (unpaired) electrons. The van der Waals surface area contributed by atoms with E-state index < -0.39 is 0 Å². The number of ether oxygens (including phenoxy) is 1. The van der Waals surface area contributed by atoms with Gasteiger partial charge in [0.1, 0.15) is 5.60 Å². The van der Waals surface area contributed by atoms with E-state index in [1.165, 1.54) is 11.3 Å². The number of nitrogens with zero attached hydrogens (tertiary/aromatic N) is 2. The molecule has 16 heavy (non-hydrogen) atoms. The summed E-state index contributed by atoms with van der Waals surface area (Å²) in [5.41, 5.74) is 2.51. The van der Waals surface area contributed by atoms with Crippen molar-refractivity contribution in [1.29, 1.82) is 0 Å². The molecule has 2 aliphatic rings. The maximum Gasteiger partial charge on any atom is 0.112 e. The normalized spacial score (nSPS) is 28.0. The zero-order valence-corrected chi connectivity index (χ0v) is 9.99. The third-order valence-electron chi connectivity index (χ3n) is 3.84. The van der Waals surface area contributed by atoms with E-state index in [0.29, 0.717) is 6.04 Å². The molecule has 4 heteroatoms. The summed E-state index contributed by atoms with van der Waals surface area (Å²) in [5.74, 6) is 0. The number of aromatic nitrogens is 2. The lowest BCUT2D eigenvalue weighted by Crippen LogP contribution is -2.47. The van der Waals surface area contributed by atoms with Crippen molar-refractivity contribution < 1.29 is 4.74 Å². The molecule has 3 rings (SSSR count). The van der Waals surface area contributed by atoms with Crippen LogP contribution in [-0.4, -0.2) is 29.5 Å². The quantitative estimate of drug-likeness (QED) is 0.719. The van der Waals surface area contributed by atoms with Gasteiger partial charge in [-0.1, -0.05) is 0 Å². The fourth-order valence-electron chi connectivity index (χ4n) is 2.98. The second-order valence-corrected chi connectivity index (χ2v) is 5.03. The highest BCUT2D eigenvalue weighted by molar-refractivity contribution is 5.26. The summed E-state index contributed by atoms with van der Waals surface area (Å²) in [4.78, 5) is 0. The number of fused-ring (bicyclic) bond motifs is 2. The third-order valence-corrected chi connectivity index (χ3v) is 3.84. The molecule has 1 saturated heterocycles. The van der Waals surface area contributed by atoms with Crippen molar-refractivity contribution in [3.8, 4) is 0 Å². The van der Waals surface area contributed by atoms with Gasteiger partial charge in [0.2, 0.25) is 0 Å². The highest BCUT2D eigenvalue weighted by Crippen LogP contribution is 2.41. The molecule has 1 aromatic heterocycles. The van der Waals surface area contributed by atoms with Crippen molar-refractivity contribution in [2.24, 2.45) is 0 Å². The summed E-state index contributed by atoms with van der Waals surface area (Å²) in [6.07, 6.45) is 4.10. The largest absolute Gasteiger partial charge is 0.366 e. The molecule has 0 bridgehead atoms. The van der Waals surface area contributed by atoms with Crippen LogP contribution < -0.4 is 5.32 Å². The summed E-state index contributed by atoms with van der Waals surface area (Å²) in [6.45, 7) is 7.18. The Bertz CT molecular complexity index is 393. The minimum absolute atomic E-state index is 0.0711. The maximum absolute atomic E-state index is 6.18. The predicted octanol–water partition coefficient (Wildman–Crippen LogP) is 1.36. The van der Waals surface area contributed by atoms with Crippen LogP contribution in [0.15, 0.2) is 6.20 Å². The molecule has 3 heterocycles. The third kappa shape index (κ3) is 1.33. The molecule has 1 N–H and O–H groups in total. The van der Waals surface area contributed by atoms with Crippen LogP contribution in [0.5, 0.6) is 0 Å². The lowest BCUT2D eigenvalue weighted by Gasteiger charge is -2.43. The Morgan fingerprint density at radius 2 is 2.25 bits per heavy atom. The van der Waals surface area contributed by atoms with Crippen LogP contribution in [0, 0.1) is 6.92 Å². The number of rotatable bonds is 0. The van der Waals surface area contributed by atoms with Gasteiger partial charge in [0.25, 0.3) is 0 Å². The molecule has 0 unspecified atom stereocenters. The van der Waals surface area contributed by atoms with Gasteiger partial charge >= 0.3 is 0 Å². The van der Waals surface area contributed by atoms with Crippen LogP contribution in [-0.2, 0) is 10.3 Å². The van der Waals surface area contributed by atoms with Crippen molar-refractivity contribution in [3.05, 3.63) is 17.5 Å². The van der Waals surface area contributed by atoms with Gasteiger partial charge in [-0.15, -0.1) is 0 Å². The fraction of sp³-hybridized carbons (Fsp3) is 0.750. The second-order valence-electron chi connectivity index (χ2n) is 5.03. The van der Waals surface area contributed by atoms with Crippen molar-refractivity contribution in [1.82, 2.24) is 15.1 Å². The van der Waals surface area contributed by atoms with Gasteiger partial charge in [0.15, 0.2) is 0 Å². The first kappa shape index (κ1) is 10.3. The van der Waals surface area contributed by atoms with Gasteiger partial charge in [0, 0.05) is 0 Å². The monoisotopic (exact) mass is 221 g/mol. The summed E-state index contributed by atoms with van der Waals surface area (Å²) < 4.78 is 8.35. The van der Waals surface area contributed by atoms with Crippen LogP contribution >= 0.6 is 0 Å². The molecule has 0 saturated carbocycles. The molecule has 4 nitrogen and oxygen atoms in total. The summed E-state index contributed by atoms with van der Waals surface area (Å²) >= 11 is 0. The average molecular weight is 221 g/mol. The van der Waals surface area contributed by atoms with Gasteiger partial charge in [-0.2, -0.15) is 5.10 Å². The minimum atomic E-state index is -0.0711. The first-order chi connectivity index (χ1) is 7.73. The van der Waals surface area contributed by atoms with Crippen LogP contribution in [0.1, 0.15) is 37.1 Å². The number of aryl methyl sites for hydroxylation is 1. The molecular weight excluding hydrogens is 202 g/mol. The SMILES string of the molecule is Cc1cnn2c1C1(CCNCC1)OC[C@@H]2C. The van der Waals surface area contributed by atoms with E-state index in [1.807, 2.05) is 6.20 Å². The highest BCUT2D eigenvalue weighted by atomic mass is 16.5. The molecule has 0 aromatic carbocycles. The summed E-state index contributed by atoms with van der Waals surface area (Å²) in [5, 5.41) is 7.90. The minimum Gasteiger partial charge on any atom is -0.366 e. The Balaban J connectivity index is 2.08. The number of hydrogen-bond acceptors (Lipinski definition) is 3. The molecule has 1 aromatic rings. The Kier molecular flexibility index (Phi) is 2.30. The first-order valence-electron chi connectivity index (χ1n) is 6.12. The van der Waals surface area contributed by atoms with Crippen molar-refractivity contribution in [2.45, 2.75) is 38.3 Å². The number of piperidine rings is 1. The van der Waals surface area contributed by atoms with Gasteiger partial charge in [0.05, 0.1) is 24.5 Å². The van der Waals surface area contributed by atoms with E-state index in [2.05, 4.69) is 28.9 Å². The molecular formula is C12H19N3O. The van der Waals surface area contributed by atoms with Crippen LogP contribution in [0.4, 0.5) is 0 Å². The van der Waals surface area contributed by atoms with E-state index >= 15 is 0 Å². The maximum atomic E-state index is 6.18. The molecule has 1 spiro atoms.